The zero-order valence-electron chi connectivity index (χ0n) is 13.9. The summed E-state index contributed by atoms with van der Waals surface area (Å²) in [5.74, 6) is -0.0596. The molecule has 1 aromatic heterocycles. The molecule has 2 amide bonds. The lowest BCUT2D eigenvalue weighted by atomic mass is 10.1. The van der Waals surface area contributed by atoms with Crippen LogP contribution in [0.1, 0.15) is 30.7 Å². The average molecular weight is 335 g/mol. The molecule has 0 aromatic carbocycles. The Labute approximate surface area is 141 Å². The van der Waals surface area contributed by atoms with Gasteiger partial charge in [0.1, 0.15) is 0 Å². The summed E-state index contributed by atoms with van der Waals surface area (Å²) in [6.45, 7) is 8.05. The Morgan fingerprint density at radius 3 is 3.09 bits per heavy atom. The molecule has 1 saturated heterocycles. The fourth-order valence-corrected chi connectivity index (χ4v) is 4.31. The normalized spacial score (nSPS) is 23.0. The van der Waals surface area contributed by atoms with Gasteiger partial charge in [-0.05, 0) is 37.3 Å². The van der Waals surface area contributed by atoms with E-state index in [0.29, 0.717) is 32.1 Å². The quantitative estimate of drug-likeness (QED) is 0.887. The highest BCUT2D eigenvalue weighted by Crippen LogP contribution is 2.25. The van der Waals surface area contributed by atoms with E-state index in [4.69, 9.17) is 0 Å². The molecule has 0 aliphatic carbocycles. The molecular formula is C17H25N3O2S. The third-order valence-corrected chi connectivity index (χ3v) is 6.02. The largest absolute Gasteiger partial charge is 0.354 e. The summed E-state index contributed by atoms with van der Waals surface area (Å²) < 4.78 is 0. The molecule has 2 aliphatic rings. The van der Waals surface area contributed by atoms with E-state index in [9.17, 15) is 9.59 Å². The zero-order chi connectivity index (χ0) is 16.4. The average Bonchev–Trinajstić information content (AvgIpc) is 3.17. The van der Waals surface area contributed by atoms with E-state index in [-0.39, 0.29) is 17.7 Å². The smallest absolute Gasteiger partial charge is 0.225 e. The number of nitrogens with zero attached hydrogens (tertiary/aromatic N) is 2. The molecule has 1 fully saturated rings. The number of thiophene rings is 1. The van der Waals surface area contributed by atoms with Gasteiger partial charge in [-0.2, -0.15) is 0 Å². The second-order valence-corrected chi connectivity index (χ2v) is 7.52. The van der Waals surface area contributed by atoms with E-state index < -0.39 is 0 Å². The fraction of sp³-hybridized carbons (Fsp3) is 0.647. The van der Waals surface area contributed by atoms with Crippen molar-refractivity contribution in [3.8, 4) is 0 Å². The van der Waals surface area contributed by atoms with Crippen LogP contribution < -0.4 is 5.32 Å². The Kier molecular flexibility index (Phi) is 5.02. The maximum Gasteiger partial charge on any atom is 0.225 e. The first-order chi connectivity index (χ1) is 11.1. The molecule has 23 heavy (non-hydrogen) atoms. The predicted octanol–water partition coefficient (Wildman–Crippen LogP) is 1.48. The van der Waals surface area contributed by atoms with E-state index in [2.05, 4.69) is 28.6 Å². The van der Waals surface area contributed by atoms with Crippen LogP contribution in [-0.2, 0) is 22.6 Å². The van der Waals surface area contributed by atoms with Crippen LogP contribution >= 0.6 is 11.3 Å². The Balaban J connectivity index is 1.47. The van der Waals surface area contributed by atoms with Crippen molar-refractivity contribution in [1.29, 1.82) is 0 Å². The predicted molar refractivity (Wildman–Crippen MR) is 91.3 cm³/mol. The Morgan fingerprint density at radius 1 is 1.52 bits per heavy atom. The molecule has 2 atom stereocenters. The highest BCUT2D eigenvalue weighted by Gasteiger charge is 2.33. The van der Waals surface area contributed by atoms with E-state index in [1.165, 1.54) is 10.4 Å². The lowest BCUT2D eigenvalue weighted by Gasteiger charge is -2.32. The van der Waals surface area contributed by atoms with Crippen LogP contribution in [0.25, 0.3) is 0 Å². The van der Waals surface area contributed by atoms with Crippen molar-refractivity contribution in [1.82, 2.24) is 15.1 Å². The van der Waals surface area contributed by atoms with Crippen LogP contribution in [0.4, 0.5) is 0 Å². The van der Waals surface area contributed by atoms with Gasteiger partial charge in [0.05, 0.1) is 5.92 Å². The summed E-state index contributed by atoms with van der Waals surface area (Å²) in [5, 5.41) is 5.21. The van der Waals surface area contributed by atoms with Gasteiger partial charge in [0.25, 0.3) is 0 Å². The highest BCUT2D eigenvalue weighted by molar-refractivity contribution is 7.10. The van der Waals surface area contributed by atoms with Gasteiger partial charge in [-0.1, -0.05) is 0 Å². The standard InChI is InChI=1S/C17H25N3O2S/c1-3-19-11-14(8-16(19)21)17(22)18-9-12(2)20-6-4-15-13(10-20)5-7-23-15/h5,7,12,14H,3-4,6,8-11H2,1-2H3,(H,18,22). The minimum Gasteiger partial charge on any atom is -0.354 e. The van der Waals surface area contributed by atoms with Crippen LogP contribution in [-0.4, -0.2) is 53.8 Å². The maximum absolute atomic E-state index is 12.3. The molecule has 1 aromatic rings. The van der Waals surface area contributed by atoms with Crippen molar-refractivity contribution in [2.45, 2.75) is 39.3 Å². The van der Waals surface area contributed by atoms with Crippen LogP contribution in [0.15, 0.2) is 11.4 Å². The molecule has 0 saturated carbocycles. The van der Waals surface area contributed by atoms with E-state index in [0.717, 1.165) is 19.5 Å². The first-order valence-electron chi connectivity index (χ1n) is 8.43. The van der Waals surface area contributed by atoms with Crippen molar-refractivity contribution in [3.05, 3.63) is 21.9 Å². The molecule has 5 nitrogen and oxygen atoms in total. The van der Waals surface area contributed by atoms with E-state index >= 15 is 0 Å². The number of likely N-dealkylation sites (tertiary alicyclic amines) is 1. The van der Waals surface area contributed by atoms with Crippen LogP contribution in [0.2, 0.25) is 0 Å². The van der Waals surface area contributed by atoms with Crippen molar-refractivity contribution in [3.63, 3.8) is 0 Å². The van der Waals surface area contributed by atoms with Gasteiger partial charge in [0, 0.05) is 50.1 Å². The maximum atomic E-state index is 12.3. The van der Waals surface area contributed by atoms with Crippen molar-refractivity contribution >= 4 is 23.2 Å². The minimum absolute atomic E-state index is 0.0226. The number of rotatable bonds is 5. The summed E-state index contributed by atoms with van der Waals surface area (Å²) in [5.41, 5.74) is 1.43. The molecule has 126 valence electrons. The second-order valence-electron chi connectivity index (χ2n) is 6.52. The Bertz CT molecular complexity index is 586. The third kappa shape index (κ3) is 3.58. The lowest BCUT2D eigenvalue weighted by Crippen LogP contribution is -2.45. The molecule has 2 unspecified atom stereocenters. The van der Waals surface area contributed by atoms with Crippen molar-refractivity contribution < 1.29 is 9.59 Å². The topological polar surface area (TPSA) is 52.7 Å². The summed E-state index contributed by atoms with van der Waals surface area (Å²) in [4.78, 5) is 29.7. The first kappa shape index (κ1) is 16.5. The number of carbonyl (C=O) groups is 2. The Morgan fingerprint density at radius 2 is 2.35 bits per heavy atom. The highest BCUT2D eigenvalue weighted by atomic mass is 32.1. The first-order valence-corrected chi connectivity index (χ1v) is 9.31. The molecule has 0 radical (unpaired) electrons. The molecule has 0 bridgehead atoms. The summed E-state index contributed by atoms with van der Waals surface area (Å²) >= 11 is 1.84. The van der Waals surface area contributed by atoms with Crippen molar-refractivity contribution in [2.24, 2.45) is 5.92 Å². The van der Waals surface area contributed by atoms with Crippen LogP contribution in [0, 0.1) is 5.92 Å². The van der Waals surface area contributed by atoms with Gasteiger partial charge >= 0.3 is 0 Å². The van der Waals surface area contributed by atoms with Gasteiger partial charge in [0.2, 0.25) is 11.8 Å². The van der Waals surface area contributed by atoms with Gasteiger partial charge in [-0.15, -0.1) is 11.3 Å². The third-order valence-electron chi connectivity index (χ3n) is 5.00. The summed E-state index contributed by atoms with van der Waals surface area (Å²) in [7, 11) is 0. The van der Waals surface area contributed by atoms with Gasteiger partial charge in [0.15, 0.2) is 0 Å². The van der Waals surface area contributed by atoms with Crippen LogP contribution in [0.3, 0.4) is 0 Å². The molecule has 1 N–H and O–H groups in total. The summed E-state index contributed by atoms with van der Waals surface area (Å²) in [6.07, 6.45) is 1.46. The lowest BCUT2D eigenvalue weighted by molar-refractivity contribution is -0.128. The number of fused-ring (bicyclic) bond motifs is 1. The molecule has 0 spiro atoms. The molecule has 3 rings (SSSR count). The number of hydrogen-bond acceptors (Lipinski definition) is 4. The SMILES string of the molecule is CCN1CC(C(=O)NCC(C)N2CCc3sccc3C2)CC1=O. The number of hydrogen-bond donors (Lipinski definition) is 1. The summed E-state index contributed by atoms with van der Waals surface area (Å²) in [6, 6.07) is 2.52. The zero-order valence-corrected chi connectivity index (χ0v) is 14.7. The van der Waals surface area contributed by atoms with Gasteiger partial charge in [-0.25, -0.2) is 0 Å². The molecule has 2 aliphatic heterocycles. The minimum atomic E-state index is -0.181. The fourth-order valence-electron chi connectivity index (χ4n) is 3.42. The monoisotopic (exact) mass is 335 g/mol. The van der Waals surface area contributed by atoms with E-state index in [1.54, 1.807) is 4.90 Å². The number of carbonyl (C=O) groups excluding carboxylic acids is 2. The van der Waals surface area contributed by atoms with Gasteiger partial charge in [-0.3, -0.25) is 14.5 Å². The molecule has 6 heteroatoms. The Hall–Kier alpha value is -1.40. The van der Waals surface area contributed by atoms with Crippen molar-refractivity contribution in [2.75, 3.05) is 26.2 Å². The molecular weight excluding hydrogens is 310 g/mol. The van der Waals surface area contributed by atoms with E-state index in [1.807, 2.05) is 18.3 Å². The number of nitrogens with one attached hydrogen (secondary N) is 1. The van der Waals surface area contributed by atoms with Crippen LogP contribution in [0.5, 0.6) is 0 Å². The second kappa shape index (κ2) is 7.01. The number of amides is 2. The van der Waals surface area contributed by atoms with Gasteiger partial charge < -0.3 is 10.2 Å². The molecule has 3 heterocycles.